The van der Waals surface area contributed by atoms with E-state index < -0.39 is 12.1 Å². The van der Waals surface area contributed by atoms with E-state index in [4.69, 9.17) is 14.2 Å². The molecule has 1 aromatic heterocycles. The Hall–Kier alpha value is -4.19. The summed E-state index contributed by atoms with van der Waals surface area (Å²) in [5, 5.41) is 9.20. The Morgan fingerprint density at radius 3 is 2.58 bits per heavy atom. The zero-order valence-corrected chi connectivity index (χ0v) is 26.0. The zero-order valence-electron chi connectivity index (χ0n) is 25.2. The Bertz CT molecular complexity index is 1500. The third-order valence-corrected chi connectivity index (χ3v) is 8.05. The Morgan fingerprint density at radius 1 is 1.14 bits per heavy atom. The number of benzene rings is 1. The van der Waals surface area contributed by atoms with Crippen molar-refractivity contribution in [2.75, 3.05) is 45.2 Å². The molecular weight excluding hydrogens is 570 g/mol. The average Bonchev–Trinajstić information content (AvgIpc) is 3.41. The fourth-order valence-electron chi connectivity index (χ4n) is 5.37. The largest absolute Gasteiger partial charge is 0.493 e. The lowest BCUT2D eigenvalue weighted by Gasteiger charge is -2.19. The zero-order chi connectivity index (χ0) is 30.9. The molecule has 0 radical (unpaired) electrons. The third-order valence-electron chi connectivity index (χ3n) is 7.40. The van der Waals surface area contributed by atoms with Gasteiger partial charge in [-0.15, -0.1) is 0 Å². The van der Waals surface area contributed by atoms with E-state index in [1.54, 1.807) is 57.7 Å². The summed E-state index contributed by atoms with van der Waals surface area (Å²) in [5.41, 5.74) is 3.07. The first-order valence-corrected chi connectivity index (χ1v) is 15.5. The fraction of sp³-hybridized carbons (Fsp3) is 0.419. The molecule has 3 aromatic rings. The number of nitrogens with zero attached hydrogens (tertiary/aromatic N) is 2. The second kappa shape index (κ2) is 14.8. The molecule has 2 amide bonds. The van der Waals surface area contributed by atoms with Crippen molar-refractivity contribution in [3.8, 4) is 28.4 Å². The number of hydrogen-bond donors (Lipinski definition) is 3. The number of carbonyl (C=O) groups excluding carboxylic acids is 2. The molecular formula is C31H39N5O6S. The third kappa shape index (κ3) is 7.42. The van der Waals surface area contributed by atoms with E-state index >= 15 is 0 Å². The standard InChI is InChI=1S/C31H39N5O6S/c1-19(37)34-23-8-6-20-16-27(40-2)29(41-3)30(42-4)28(20)21-7-9-24(26(38)17-22(21)23)35-25(10-15-43-5)31(39)33-12-14-36-13-11-32-18-36/h7,9,11,13,16-18,23,25H,6,8,10,12,14-15H2,1-5H3,(H,33,39)(H,34,37)(H,35,38)/t23-,25-/m0/s1. The average molecular weight is 610 g/mol. The van der Waals surface area contributed by atoms with Crippen molar-refractivity contribution in [1.82, 2.24) is 20.2 Å². The molecule has 2 atom stereocenters. The lowest BCUT2D eigenvalue weighted by atomic mass is 9.95. The number of aromatic nitrogens is 2. The van der Waals surface area contributed by atoms with E-state index in [0.29, 0.717) is 55.2 Å². The van der Waals surface area contributed by atoms with Crippen molar-refractivity contribution in [2.45, 2.75) is 44.8 Å². The quantitative estimate of drug-likeness (QED) is 0.267. The molecule has 2 aromatic carbocycles. The summed E-state index contributed by atoms with van der Waals surface area (Å²) in [6.45, 7) is 2.47. The number of thioether (sulfide) groups is 1. The van der Waals surface area contributed by atoms with Gasteiger partial charge in [-0.2, -0.15) is 11.8 Å². The van der Waals surface area contributed by atoms with Crippen LogP contribution in [0, 0.1) is 0 Å². The normalized spacial score (nSPS) is 14.4. The van der Waals surface area contributed by atoms with Crippen LogP contribution in [0.1, 0.15) is 36.9 Å². The molecule has 0 saturated heterocycles. The molecule has 0 bridgehead atoms. The molecule has 4 rings (SSSR count). The minimum Gasteiger partial charge on any atom is -0.493 e. The van der Waals surface area contributed by atoms with Crippen LogP contribution in [0.5, 0.6) is 17.2 Å². The highest BCUT2D eigenvalue weighted by atomic mass is 32.2. The molecule has 12 heteroatoms. The van der Waals surface area contributed by atoms with Crippen LogP contribution in [-0.2, 0) is 22.6 Å². The van der Waals surface area contributed by atoms with Crippen molar-refractivity contribution in [1.29, 1.82) is 0 Å². The predicted molar refractivity (Wildman–Crippen MR) is 168 cm³/mol. The summed E-state index contributed by atoms with van der Waals surface area (Å²) in [6.07, 6.45) is 8.88. The van der Waals surface area contributed by atoms with E-state index in [9.17, 15) is 14.4 Å². The van der Waals surface area contributed by atoms with Crippen molar-refractivity contribution in [3.63, 3.8) is 0 Å². The van der Waals surface area contributed by atoms with Gasteiger partial charge in [0.25, 0.3) is 0 Å². The summed E-state index contributed by atoms with van der Waals surface area (Å²) < 4.78 is 19.0. The first-order valence-electron chi connectivity index (χ1n) is 14.1. The van der Waals surface area contributed by atoms with Gasteiger partial charge in [0.2, 0.25) is 23.0 Å². The summed E-state index contributed by atoms with van der Waals surface area (Å²) in [7, 11) is 4.67. The Morgan fingerprint density at radius 2 is 1.93 bits per heavy atom. The number of nitrogens with one attached hydrogen (secondary N) is 3. The van der Waals surface area contributed by atoms with Crippen molar-refractivity contribution in [2.24, 2.45) is 0 Å². The van der Waals surface area contributed by atoms with Gasteiger partial charge in [-0.05, 0) is 66.2 Å². The summed E-state index contributed by atoms with van der Waals surface area (Å²) >= 11 is 1.63. The number of carbonyl (C=O) groups is 2. The minimum atomic E-state index is -0.623. The highest BCUT2D eigenvalue weighted by Gasteiger charge is 2.30. The fourth-order valence-corrected chi connectivity index (χ4v) is 5.84. The minimum absolute atomic E-state index is 0.193. The van der Waals surface area contributed by atoms with Crippen LogP contribution in [0.2, 0.25) is 0 Å². The highest BCUT2D eigenvalue weighted by Crippen LogP contribution is 2.50. The van der Waals surface area contributed by atoms with E-state index in [1.165, 1.54) is 6.92 Å². The molecule has 1 aliphatic rings. The number of amides is 2. The molecule has 0 spiro atoms. The molecule has 0 aliphatic heterocycles. The van der Waals surface area contributed by atoms with Crippen LogP contribution in [0.3, 0.4) is 0 Å². The maximum atomic E-state index is 13.7. The maximum absolute atomic E-state index is 13.7. The van der Waals surface area contributed by atoms with Gasteiger partial charge in [0.1, 0.15) is 6.04 Å². The Kier molecular flexibility index (Phi) is 10.9. The summed E-state index contributed by atoms with van der Waals surface area (Å²) in [6, 6.07) is 5.95. The monoisotopic (exact) mass is 609 g/mol. The van der Waals surface area contributed by atoms with Gasteiger partial charge in [-0.3, -0.25) is 14.4 Å². The van der Waals surface area contributed by atoms with Gasteiger partial charge in [-0.25, -0.2) is 4.98 Å². The molecule has 1 aliphatic carbocycles. The van der Waals surface area contributed by atoms with Crippen LogP contribution in [0.15, 0.2) is 47.8 Å². The number of ether oxygens (including phenoxy) is 3. The van der Waals surface area contributed by atoms with E-state index in [0.717, 1.165) is 22.4 Å². The number of hydrogen-bond acceptors (Lipinski definition) is 9. The lowest BCUT2D eigenvalue weighted by Crippen LogP contribution is -2.42. The van der Waals surface area contributed by atoms with Gasteiger partial charge in [0, 0.05) is 38.0 Å². The van der Waals surface area contributed by atoms with Gasteiger partial charge >= 0.3 is 0 Å². The van der Waals surface area contributed by atoms with Crippen LogP contribution in [0.4, 0.5) is 5.69 Å². The summed E-state index contributed by atoms with van der Waals surface area (Å²) in [5.74, 6) is 1.77. The summed E-state index contributed by atoms with van der Waals surface area (Å²) in [4.78, 5) is 43.2. The van der Waals surface area contributed by atoms with Gasteiger partial charge in [0.05, 0.1) is 39.4 Å². The smallest absolute Gasteiger partial charge is 0.242 e. The molecule has 43 heavy (non-hydrogen) atoms. The highest BCUT2D eigenvalue weighted by molar-refractivity contribution is 7.98. The van der Waals surface area contributed by atoms with Gasteiger partial charge in [0.15, 0.2) is 11.5 Å². The maximum Gasteiger partial charge on any atom is 0.242 e. The van der Waals surface area contributed by atoms with Crippen LogP contribution in [-0.4, -0.2) is 67.3 Å². The Balaban J connectivity index is 1.76. The second-order valence-electron chi connectivity index (χ2n) is 10.2. The van der Waals surface area contributed by atoms with Crippen LogP contribution in [0.25, 0.3) is 11.1 Å². The Labute approximate surface area is 255 Å². The predicted octanol–water partition coefficient (Wildman–Crippen LogP) is 3.41. The van der Waals surface area contributed by atoms with Crippen molar-refractivity contribution < 1.29 is 23.8 Å². The topological polar surface area (TPSA) is 133 Å². The van der Waals surface area contributed by atoms with E-state index in [1.807, 2.05) is 29.2 Å². The second-order valence-corrected chi connectivity index (χ2v) is 11.2. The van der Waals surface area contributed by atoms with E-state index in [-0.39, 0.29) is 22.9 Å². The van der Waals surface area contributed by atoms with Gasteiger partial charge < -0.3 is 34.7 Å². The van der Waals surface area contributed by atoms with Crippen molar-refractivity contribution >= 4 is 29.3 Å². The number of imidazole rings is 1. The molecule has 3 N–H and O–H groups in total. The molecule has 0 saturated carbocycles. The number of methoxy groups -OCH3 is 3. The first kappa shape index (κ1) is 31.7. The number of aryl methyl sites for hydroxylation is 1. The number of anilines is 1. The van der Waals surface area contributed by atoms with Crippen LogP contribution < -0.4 is 35.6 Å². The molecule has 11 nitrogen and oxygen atoms in total. The molecule has 230 valence electrons. The molecule has 0 unspecified atom stereocenters. The molecule has 1 heterocycles. The van der Waals surface area contributed by atoms with Crippen molar-refractivity contribution in [3.05, 3.63) is 64.3 Å². The van der Waals surface area contributed by atoms with Gasteiger partial charge in [-0.1, -0.05) is 6.07 Å². The van der Waals surface area contributed by atoms with E-state index in [2.05, 4.69) is 20.9 Å². The number of rotatable bonds is 13. The SMILES string of the molecule is COc1cc2c(c(OC)c1OC)-c1ccc(N[C@@H](CCSC)C(=O)NCCn3ccnc3)c(=O)cc1[C@@H](NC(C)=O)CC2. The number of fused-ring (bicyclic) bond motifs is 3. The molecule has 0 fully saturated rings. The lowest BCUT2D eigenvalue weighted by molar-refractivity contribution is -0.122. The van der Waals surface area contributed by atoms with Crippen LogP contribution >= 0.6 is 11.8 Å². The first-order chi connectivity index (χ1) is 20.8.